The first-order valence-electron chi connectivity index (χ1n) is 9.52. The third-order valence-electron chi connectivity index (χ3n) is 4.49. The van der Waals surface area contributed by atoms with Gasteiger partial charge in [-0.05, 0) is 48.6 Å². The van der Waals surface area contributed by atoms with Gasteiger partial charge >= 0.3 is 5.97 Å². The summed E-state index contributed by atoms with van der Waals surface area (Å²) in [6.07, 6.45) is -0.981. The molecule has 2 N–H and O–H groups in total. The van der Waals surface area contributed by atoms with Crippen LogP contribution in [0.1, 0.15) is 49.2 Å². The second-order valence-electron chi connectivity index (χ2n) is 7.95. The maximum atomic E-state index is 12.2. The van der Waals surface area contributed by atoms with Crippen LogP contribution in [0.4, 0.5) is 5.69 Å². The molecule has 0 spiro atoms. The molecule has 6 heteroatoms. The van der Waals surface area contributed by atoms with E-state index < -0.39 is 18.0 Å². The average molecular weight is 396 g/mol. The van der Waals surface area contributed by atoms with Crippen LogP contribution in [0.3, 0.4) is 0 Å². The van der Waals surface area contributed by atoms with Crippen molar-refractivity contribution in [1.29, 1.82) is 0 Å². The number of benzene rings is 2. The van der Waals surface area contributed by atoms with Gasteiger partial charge in [-0.3, -0.25) is 14.4 Å². The first-order valence-corrected chi connectivity index (χ1v) is 9.52. The lowest BCUT2D eigenvalue weighted by atomic mass is 9.87. The summed E-state index contributed by atoms with van der Waals surface area (Å²) < 4.78 is 5.11. The third kappa shape index (κ3) is 6.45. The average Bonchev–Trinajstić information content (AvgIpc) is 2.67. The topological polar surface area (TPSA) is 84.5 Å². The van der Waals surface area contributed by atoms with Gasteiger partial charge in [0, 0.05) is 11.3 Å². The standard InChI is InChI=1S/C23H28N2O4/c1-15-8-6-7-9-19(15)25-21(27)16(2)29-20(26)14-24-22(28)17-10-12-18(13-11-17)23(3,4)5/h6-13,16H,14H2,1-5H3,(H,24,28)(H,25,27). The highest BCUT2D eigenvalue weighted by Crippen LogP contribution is 2.22. The molecule has 0 aliphatic carbocycles. The number of ether oxygens (including phenoxy) is 1. The SMILES string of the molecule is Cc1ccccc1NC(=O)C(C)OC(=O)CNC(=O)c1ccc(C(C)(C)C)cc1. The summed E-state index contributed by atoms with van der Waals surface area (Å²) in [5.41, 5.74) is 3.13. The zero-order valence-corrected chi connectivity index (χ0v) is 17.5. The van der Waals surface area contributed by atoms with Crippen molar-refractivity contribution in [2.75, 3.05) is 11.9 Å². The van der Waals surface area contributed by atoms with Crippen LogP contribution in [0.5, 0.6) is 0 Å². The van der Waals surface area contributed by atoms with E-state index in [0.29, 0.717) is 11.3 Å². The molecule has 0 heterocycles. The molecule has 2 aromatic rings. The number of hydrogen-bond donors (Lipinski definition) is 2. The lowest BCUT2D eigenvalue weighted by Crippen LogP contribution is -2.36. The van der Waals surface area contributed by atoms with Gasteiger partial charge in [0.1, 0.15) is 6.54 Å². The van der Waals surface area contributed by atoms with Gasteiger partial charge in [-0.1, -0.05) is 51.1 Å². The van der Waals surface area contributed by atoms with E-state index in [0.717, 1.165) is 11.1 Å². The van der Waals surface area contributed by atoms with Gasteiger partial charge in [0.05, 0.1) is 0 Å². The van der Waals surface area contributed by atoms with Crippen LogP contribution in [0.25, 0.3) is 0 Å². The third-order valence-corrected chi connectivity index (χ3v) is 4.49. The van der Waals surface area contributed by atoms with Crippen molar-refractivity contribution in [2.24, 2.45) is 0 Å². The number of carbonyl (C=O) groups excluding carboxylic acids is 3. The van der Waals surface area contributed by atoms with E-state index in [4.69, 9.17) is 4.74 Å². The summed E-state index contributed by atoms with van der Waals surface area (Å²) in [4.78, 5) is 36.4. The molecule has 0 saturated carbocycles. The normalized spacial score (nSPS) is 12.0. The molecule has 0 radical (unpaired) electrons. The van der Waals surface area contributed by atoms with Crippen LogP contribution >= 0.6 is 0 Å². The maximum Gasteiger partial charge on any atom is 0.326 e. The first-order chi connectivity index (χ1) is 13.6. The quantitative estimate of drug-likeness (QED) is 0.731. The number of nitrogens with one attached hydrogen (secondary N) is 2. The van der Waals surface area contributed by atoms with Crippen LogP contribution < -0.4 is 10.6 Å². The number of carbonyl (C=O) groups is 3. The summed E-state index contributed by atoms with van der Waals surface area (Å²) in [6, 6.07) is 14.6. The Balaban J connectivity index is 1.83. The maximum absolute atomic E-state index is 12.2. The molecular weight excluding hydrogens is 368 g/mol. The lowest BCUT2D eigenvalue weighted by Gasteiger charge is -2.19. The molecule has 2 rings (SSSR count). The van der Waals surface area contributed by atoms with Crippen LogP contribution in [0.15, 0.2) is 48.5 Å². The van der Waals surface area contributed by atoms with Gasteiger partial charge in [-0.2, -0.15) is 0 Å². The van der Waals surface area contributed by atoms with Gasteiger partial charge in [-0.25, -0.2) is 0 Å². The molecule has 1 atom stereocenters. The molecule has 2 amide bonds. The molecule has 0 bridgehead atoms. The van der Waals surface area contributed by atoms with Crippen molar-refractivity contribution in [3.63, 3.8) is 0 Å². The summed E-state index contributed by atoms with van der Waals surface area (Å²) in [6.45, 7) is 9.31. The molecule has 0 aromatic heterocycles. The molecule has 0 saturated heterocycles. The molecule has 0 fully saturated rings. The Bertz CT molecular complexity index is 882. The zero-order valence-electron chi connectivity index (χ0n) is 17.5. The second-order valence-corrected chi connectivity index (χ2v) is 7.95. The van der Waals surface area contributed by atoms with E-state index in [1.54, 1.807) is 18.2 Å². The minimum absolute atomic E-state index is 0.00614. The van der Waals surface area contributed by atoms with Gasteiger partial charge in [0.25, 0.3) is 11.8 Å². The minimum Gasteiger partial charge on any atom is -0.451 e. The van der Waals surface area contributed by atoms with Crippen LogP contribution in [-0.2, 0) is 19.7 Å². The molecular formula is C23H28N2O4. The van der Waals surface area contributed by atoms with Crippen molar-refractivity contribution in [3.05, 3.63) is 65.2 Å². The predicted octanol–water partition coefficient (Wildman–Crippen LogP) is 3.59. The van der Waals surface area contributed by atoms with E-state index in [1.165, 1.54) is 6.92 Å². The van der Waals surface area contributed by atoms with Crippen LogP contribution in [0.2, 0.25) is 0 Å². The van der Waals surface area contributed by atoms with Crippen molar-refractivity contribution in [2.45, 2.75) is 46.1 Å². The van der Waals surface area contributed by atoms with Gasteiger partial charge in [0.2, 0.25) is 0 Å². The molecule has 0 aliphatic rings. The fraction of sp³-hybridized carbons (Fsp3) is 0.348. The molecule has 2 aromatic carbocycles. The lowest BCUT2D eigenvalue weighted by molar-refractivity contribution is -0.152. The number of amides is 2. The van der Waals surface area contributed by atoms with Gasteiger partial charge in [-0.15, -0.1) is 0 Å². The van der Waals surface area contributed by atoms with E-state index in [9.17, 15) is 14.4 Å². The van der Waals surface area contributed by atoms with Crippen molar-refractivity contribution < 1.29 is 19.1 Å². The van der Waals surface area contributed by atoms with Crippen molar-refractivity contribution in [3.8, 4) is 0 Å². The molecule has 1 unspecified atom stereocenters. The number of esters is 1. The Hall–Kier alpha value is -3.15. The summed E-state index contributed by atoms with van der Waals surface area (Å²) in [7, 11) is 0. The number of aryl methyl sites for hydroxylation is 1. The number of para-hydroxylation sites is 1. The van der Waals surface area contributed by atoms with Crippen molar-refractivity contribution in [1.82, 2.24) is 5.32 Å². The van der Waals surface area contributed by atoms with E-state index in [2.05, 4.69) is 31.4 Å². The summed E-state index contributed by atoms with van der Waals surface area (Å²) >= 11 is 0. The monoisotopic (exact) mass is 396 g/mol. The first kappa shape index (κ1) is 22.1. The van der Waals surface area contributed by atoms with Crippen LogP contribution in [0, 0.1) is 6.92 Å². The fourth-order valence-corrected chi connectivity index (χ4v) is 2.62. The Morgan fingerprint density at radius 1 is 1.00 bits per heavy atom. The molecule has 6 nitrogen and oxygen atoms in total. The highest BCUT2D eigenvalue weighted by Gasteiger charge is 2.19. The Kier molecular flexibility index (Phi) is 7.15. The van der Waals surface area contributed by atoms with Gasteiger partial charge < -0.3 is 15.4 Å². The van der Waals surface area contributed by atoms with E-state index >= 15 is 0 Å². The highest BCUT2D eigenvalue weighted by atomic mass is 16.5. The fourth-order valence-electron chi connectivity index (χ4n) is 2.62. The Labute approximate surface area is 171 Å². The molecule has 154 valence electrons. The summed E-state index contributed by atoms with van der Waals surface area (Å²) in [5, 5.41) is 5.23. The highest BCUT2D eigenvalue weighted by molar-refractivity contribution is 5.97. The minimum atomic E-state index is -0.981. The largest absolute Gasteiger partial charge is 0.451 e. The van der Waals surface area contributed by atoms with Crippen LogP contribution in [-0.4, -0.2) is 30.4 Å². The molecule has 0 aliphatic heterocycles. The van der Waals surface area contributed by atoms with E-state index in [1.807, 2.05) is 37.3 Å². The number of hydrogen-bond acceptors (Lipinski definition) is 4. The predicted molar refractivity (Wildman–Crippen MR) is 113 cm³/mol. The van der Waals surface area contributed by atoms with Gasteiger partial charge in [0.15, 0.2) is 6.10 Å². The van der Waals surface area contributed by atoms with E-state index in [-0.39, 0.29) is 17.9 Å². The Morgan fingerprint density at radius 3 is 2.21 bits per heavy atom. The number of rotatable bonds is 6. The number of anilines is 1. The second kappa shape index (κ2) is 9.37. The molecule has 29 heavy (non-hydrogen) atoms. The summed E-state index contributed by atoms with van der Waals surface area (Å²) in [5.74, 6) is -1.49. The Morgan fingerprint density at radius 2 is 1.62 bits per heavy atom. The van der Waals surface area contributed by atoms with Crippen molar-refractivity contribution >= 4 is 23.5 Å². The smallest absolute Gasteiger partial charge is 0.326 e. The zero-order chi connectivity index (χ0) is 21.6.